The maximum atomic E-state index is 9.85. The largest absolute Gasteiger partial charge is 0.316 e. The van der Waals surface area contributed by atoms with E-state index < -0.39 is 55.9 Å². The molecule has 0 saturated heterocycles. The summed E-state index contributed by atoms with van der Waals surface area (Å²) in [6.07, 6.45) is -4.82. The van der Waals surface area contributed by atoms with Gasteiger partial charge in [-0.05, 0) is 0 Å². The Bertz CT molecular complexity index is 274. The number of carboxylic acids is 2. The summed E-state index contributed by atoms with van der Waals surface area (Å²) in [5.41, 5.74) is 4.84. The molecule has 0 fully saturated rings. The van der Waals surface area contributed by atoms with Gasteiger partial charge >= 0.3 is 86.4 Å². The number of nitrogens with two attached hydrogens (primary N) is 1. The molecule has 0 aromatic heterocycles. The first-order chi connectivity index (χ1) is 8.67. The van der Waals surface area contributed by atoms with E-state index in [1.807, 2.05) is 0 Å². The van der Waals surface area contributed by atoms with Crippen LogP contribution in [0, 0.1) is 0 Å². The molecular formula is C9H22KMgNO9. The van der Waals surface area contributed by atoms with Crippen LogP contribution in [0.5, 0.6) is 0 Å². The molecule has 21 heavy (non-hydrogen) atoms. The van der Waals surface area contributed by atoms with Gasteiger partial charge in [-0.15, -0.1) is 0 Å². The minimum absolute atomic E-state index is 0. The van der Waals surface area contributed by atoms with Gasteiger partial charge in [0.1, 0.15) is 24.4 Å². The smallest absolute Gasteiger partial charge is 0.316 e. The Morgan fingerprint density at radius 3 is 1.43 bits per heavy atom. The summed E-state index contributed by atoms with van der Waals surface area (Å²) in [7, 11) is 0. The van der Waals surface area contributed by atoms with Crippen LogP contribution in [-0.2, 0) is 9.59 Å². The van der Waals surface area contributed by atoms with Gasteiger partial charge in [0.2, 0.25) is 0 Å². The standard InChI is InChI=1S/C5H12O5.C4H7NO4.K.Mg.3H/c6-1-3(8)5(10)4(9)2-7;5-2(4(8)9)1-3(6)7;;;;;/h3-10H,1-2H2;2H,1,5H2,(H,6,7)(H,8,9);;;;;. The molecule has 0 aliphatic carbocycles. The van der Waals surface area contributed by atoms with E-state index in [-0.39, 0.29) is 74.4 Å². The molecule has 0 aliphatic heterocycles. The van der Waals surface area contributed by atoms with Crippen LogP contribution >= 0.6 is 0 Å². The van der Waals surface area contributed by atoms with E-state index >= 15 is 0 Å². The van der Waals surface area contributed by atoms with Crippen LogP contribution in [-0.4, -0.2) is 160 Å². The van der Waals surface area contributed by atoms with E-state index in [1.165, 1.54) is 0 Å². The Morgan fingerprint density at radius 2 is 1.29 bits per heavy atom. The molecule has 0 aromatic rings. The van der Waals surface area contributed by atoms with Gasteiger partial charge < -0.3 is 41.5 Å². The molecule has 0 aromatic carbocycles. The number of hydrogen-bond acceptors (Lipinski definition) is 8. The Balaban J connectivity index is -0.000000126. The van der Waals surface area contributed by atoms with Gasteiger partial charge in [0.15, 0.2) is 0 Å². The molecule has 0 heterocycles. The average Bonchev–Trinajstić information content (AvgIpc) is 2.35. The molecule has 0 amide bonds. The Morgan fingerprint density at radius 1 is 0.952 bits per heavy atom. The first-order valence-electron chi connectivity index (χ1n) is 5.13. The molecule has 120 valence electrons. The predicted octanol–water partition coefficient (Wildman–Crippen LogP) is -5.64. The normalized spacial score (nSPS) is 15.0. The molecule has 3 atom stereocenters. The van der Waals surface area contributed by atoms with Crippen molar-refractivity contribution in [2.24, 2.45) is 5.73 Å². The summed E-state index contributed by atoms with van der Waals surface area (Å²) >= 11 is 0. The van der Waals surface area contributed by atoms with Crippen LogP contribution in [0.15, 0.2) is 0 Å². The van der Waals surface area contributed by atoms with Crippen LogP contribution in [0.4, 0.5) is 0 Å². The second-order valence-electron chi connectivity index (χ2n) is 3.53. The van der Waals surface area contributed by atoms with Crippen molar-refractivity contribution in [3.05, 3.63) is 0 Å². The second-order valence-corrected chi connectivity index (χ2v) is 3.53. The fourth-order valence-electron chi connectivity index (χ4n) is 0.748. The molecule has 0 aliphatic rings. The molecule has 0 rings (SSSR count). The topological polar surface area (TPSA) is 202 Å². The van der Waals surface area contributed by atoms with Crippen LogP contribution in [0.3, 0.4) is 0 Å². The minimum Gasteiger partial charge on any atom is 0.316 e. The Kier molecular flexibility index (Phi) is 25.0. The van der Waals surface area contributed by atoms with Gasteiger partial charge in [0.25, 0.3) is 0 Å². The van der Waals surface area contributed by atoms with Gasteiger partial charge in [0, 0.05) is 0 Å². The number of aliphatic carboxylic acids is 2. The number of carbonyl (C=O) groups is 2. The number of rotatable bonds is 7. The maximum Gasteiger partial charge on any atom is 0.316 e. The third-order valence-electron chi connectivity index (χ3n) is 1.87. The SMILES string of the molecule is NC(CC(=O)O)C(=O)O.OCC(O)C(O)C(O)CO.[KH].[MgH2]. The van der Waals surface area contributed by atoms with Crippen molar-refractivity contribution in [1.29, 1.82) is 0 Å². The molecule has 0 radical (unpaired) electrons. The average molecular weight is 352 g/mol. The molecule has 0 bridgehead atoms. The third kappa shape index (κ3) is 17.3. The molecule has 0 spiro atoms. The molecule has 10 nitrogen and oxygen atoms in total. The van der Waals surface area contributed by atoms with Crippen molar-refractivity contribution in [1.82, 2.24) is 0 Å². The van der Waals surface area contributed by atoms with Gasteiger partial charge in [-0.3, -0.25) is 9.59 Å². The van der Waals surface area contributed by atoms with Crippen LogP contribution in [0.2, 0.25) is 0 Å². The summed E-state index contributed by atoms with van der Waals surface area (Å²) in [6.45, 7) is -1.28. The fraction of sp³-hybridized carbons (Fsp3) is 0.778. The zero-order chi connectivity index (χ0) is 15.6. The van der Waals surface area contributed by atoms with Crippen LogP contribution in [0.1, 0.15) is 6.42 Å². The third-order valence-corrected chi connectivity index (χ3v) is 1.87. The maximum absolute atomic E-state index is 9.85. The van der Waals surface area contributed by atoms with E-state index in [2.05, 4.69) is 0 Å². The first-order valence-corrected chi connectivity index (χ1v) is 5.13. The first kappa shape index (κ1) is 30.0. The molecule has 9 N–H and O–H groups in total. The summed E-state index contributed by atoms with van der Waals surface area (Å²) in [4.78, 5) is 19.6. The number of aliphatic hydroxyl groups is 5. The van der Waals surface area contributed by atoms with Crippen molar-refractivity contribution in [3.63, 3.8) is 0 Å². The van der Waals surface area contributed by atoms with Gasteiger partial charge in [-0.1, -0.05) is 0 Å². The summed E-state index contributed by atoms with van der Waals surface area (Å²) in [5.74, 6) is -2.50. The second kappa shape index (κ2) is 17.5. The van der Waals surface area contributed by atoms with Crippen LogP contribution < -0.4 is 5.73 Å². The van der Waals surface area contributed by atoms with Crippen molar-refractivity contribution >= 4 is 86.4 Å². The Hall–Kier alpha value is 1.10. The zero-order valence-corrected chi connectivity index (χ0v) is 9.96. The number of hydrogen-bond donors (Lipinski definition) is 8. The predicted molar refractivity (Wildman–Crippen MR) is 75.7 cm³/mol. The Labute approximate surface area is 179 Å². The van der Waals surface area contributed by atoms with Gasteiger partial charge in [-0.25, -0.2) is 0 Å². The van der Waals surface area contributed by atoms with E-state index in [1.54, 1.807) is 0 Å². The van der Waals surface area contributed by atoms with Crippen LogP contribution in [0.25, 0.3) is 0 Å². The van der Waals surface area contributed by atoms with Gasteiger partial charge in [-0.2, -0.15) is 0 Å². The summed E-state index contributed by atoms with van der Waals surface area (Å²) in [6, 6.07) is -1.29. The van der Waals surface area contributed by atoms with E-state index in [9.17, 15) is 9.59 Å². The number of aliphatic hydroxyl groups excluding tert-OH is 5. The molecule has 3 unspecified atom stereocenters. The number of carboxylic acid groups (broad SMARTS) is 2. The van der Waals surface area contributed by atoms with Crippen molar-refractivity contribution in [2.75, 3.05) is 13.2 Å². The quantitative estimate of drug-likeness (QED) is 0.204. The monoisotopic (exact) mass is 351 g/mol. The summed E-state index contributed by atoms with van der Waals surface area (Å²) < 4.78 is 0. The van der Waals surface area contributed by atoms with E-state index in [0.29, 0.717) is 0 Å². The zero-order valence-electron chi connectivity index (χ0n) is 9.96. The fourth-order valence-corrected chi connectivity index (χ4v) is 0.748. The van der Waals surface area contributed by atoms with E-state index in [0.717, 1.165) is 0 Å². The summed E-state index contributed by atoms with van der Waals surface area (Å²) in [5, 5.41) is 58.6. The minimum atomic E-state index is -1.49. The van der Waals surface area contributed by atoms with Crippen molar-refractivity contribution in [3.8, 4) is 0 Å². The van der Waals surface area contributed by atoms with Gasteiger partial charge in [0.05, 0.1) is 19.6 Å². The molecule has 12 heteroatoms. The van der Waals surface area contributed by atoms with E-state index in [4.69, 9.17) is 41.5 Å². The molecule has 0 saturated carbocycles. The van der Waals surface area contributed by atoms with Crippen molar-refractivity contribution in [2.45, 2.75) is 30.8 Å². The molecular weight excluding hydrogens is 329 g/mol. The van der Waals surface area contributed by atoms with Crippen molar-refractivity contribution < 1.29 is 45.3 Å².